The SMILES string of the molecule is Cc1cc(=O)n2nc1OCCC(O)Cn1c(nc3ccccc31)NC(=O)c1cccc(c1)C2.O=C1Nc2nc3cc(O)ccc3n2Cc2cccc(c2)-c2ccc(=O)n(n2)Cc2cccc1c2.O=C1Nc2nc3ccccc3n2C[C@H](O)[C@@H]2CCCN(C2)c2ccc(=O)n(n2)Cc2cccc1c2.O=C1Nc2nc3ccccc3n2C[C@H](O)[C@H]2CCCN(C2)c2ccc(=O)n(n2)Cc2cccc1c2. The number of hydrogen-bond acceptors (Lipinski definition) is 23. The maximum Gasteiger partial charge on any atom is 0.267 e. The lowest BCUT2D eigenvalue weighted by molar-refractivity contribution is 0.0824. The molecule has 9 aromatic carbocycles. The summed E-state index contributed by atoms with van der Waals surface area (Å²) >= 11 is 0. The van der Waals surface area contributed by atoms with Crippen LogP contribution in [0.1, 0.15) is 107 Å². The van der Waals surface area contributed by atoms with Crippen LogP contribution >= 0.6 is 0 Å². The van der Waals surface area contributed by atoms with Gasteiger partial charge in [0.2, 0.25) is 29.7 Å². The Morgan fingerprint density at radius 3 is 1.18 bits per heavy atom. The number of fused-ring (bicyclic) bond motifs is 37. The van der Waals surface area contributed by atoms with Gasteiger partial charge in [0.1, 0.15) is 17.4 Å². The van der Waals surface area contributed by atoms with Crippen LogP contribution < -0.4 is 58.0 Å². The molecule has 14 heterocycles. The van der Waals surface area contributed by atoms with Crippen molar-refractivity contribution in [2.75, 3.05) is 63.9 Å². The third-order valence-corrected chi connectivity index (χ3v) is 25.4. The molecule has 22 bridgehead atoms. The van der Waals surface area contributed by atoms with Crippen LogP contribution in [0.5, 0.6) is 11.6 Å². The van der Waals surface area contributed by atoms with Crippen molar-refractivity contribution < 1.29 is 44.3 Å². The average Bonchev–Trinajstić information content (AvgIpc) is 1.67. The van der Waals surface area contributed by atoms with Crippen molar-refractivity contribution in [2.45, 2.75) is 110 Å². The molecule has 8 N–H and O–H groups in total. The second-order valence-electron chi connectivity index (χ2n) is 35.0. The molecule has 690 valence electrons. The van der Waals surface area contributed by atoms with E-state index >= 15 is 0 Å². The molecule has 17 aromatic rings. The van der Waals surface area contributed by atoms with Gasteiger partial charge < -0.3 is 53.2 Å². The molecule has 8 aromatic heterocycles. The Labute approximate surface area is 780 Å². The summed E-state index contributed by atoms with van der Waals surface area (Å²) in [6, 6.07) is 75.4. The van der Waals surface area contributed by atoms with Crippen molar-refractivity contribution in [1.82, 2.24) is 77.3 Å². The number of carbonyl (C=O) groups is 4. The number of phenols is 1. The van der Waals surface area contributed by atoms with Gasteiger partial charge in [0.25, 0.3) is 45.9 Å². The number of nitrogens with zero attached hydrogens (tertiary/aromatic N) is 18. The number of phenolic OH excluding ortho intramolecular Hbond substituents is 1. The van der Waals surface area contributed by atoms with Gasteiger partial charge >= 0.3 is 0 Å². The number of nitrogens with one attached hydrogen (secondary N) is 4. The van der Waals surface area contributed by atoms with Crippen LogP contribution in [-0.4, -0.2) is 172 Å². The zero-order chi connectivity index (χ0) is 94.1. The predicted molar refractivity (Wildman–Crippen MR) is 516 cm³/mol. The lowest BCUT2D eigenvalue weighted by Crippen LogP contribution is -2.43. The van der Waals surface area contributed by atoms with E-state index in [-0.39, 0.29) is 103 Å². The topological polar surface area (TPSA) is 424 Å². The first-order valence-corrected chi connectivity index (χ1v) is 45.4. The van der Waals surface area contributed by atoms with E-state index in [1.807, 2.05) is 135 Å². The van der Waals surface area contributed by atoms with Crippen LogP contribution in [0.4, 0.5) is 35.4 Å². The highest BCUT2D eigenvalue weighted by Crippen LogP contribution is 2.34. The summed E-state index contributed by atoms with van der Waals surface area (Å²) in [5, 5.41) is 73.1. The van der Waals surface area contributed by atoms with Gasteiger partial charge in [-0.1, -0.05) is 103 Å². The van der Waals surface area contributed by atoms with Crippen LogP contribution in [0.25, 0.3) is 55.4 Å². The molecule has 6 aliphatic rings. The van der Waals surface area contributed by atoms with E-state index in [0.717, 1.165) is 122 Å². The molecule has 1 unspecified atom stereocenters. The molecule has 6 aliphatic heterocycles. The van der Waals surface area contributed by atoms with Crippen LogP contribution in [0, 0.1) is 18.8 Å². The standard InChI is InChI=1S/2C26H26N6O3.C26H19N5O3.C24H23N5O4/c2*33-22-16-31-21-9-2-1-8-20(21)27-26(31)28-25(35)18-6-3-5-17(13-18)14-32-24(34)11-10-23(29-32)30-12-4-7-19(22)15-30;32-20-7-9-23-22(13-20)27-26-28-25(34)19-6-2-4-17(12-19)15-31-24(33)10-8-21(29-31)18-5-1-3-16(11-18)14-30(23)26;1-15-11-21(31)29-13-16-5-4-6-17(12-16)22(32)26-24-25-19-7-2-3-8-20(19)28(24)14-18(30)9-10-33-23(15)27-29/h2*1-3,5-6,8-11,13,19,22,33H,4,7,12,14-16H2,(H,27,28,35);1-13,32H,14-15H2,(H,27,28,34);2-8,11-12,18,30H,9-10,13-14H2,1H3,(H,25,26,32)/t19-,22+;19-,22-;;/m10../s1. The first-order valence-electron chi connectivity index (χ1n) is 45.4. The lowest BCUT2D eigenvalue weighted by Gasteiger charge is -2.36. The number of imidazole rings is 4. The van der Waals surface area contributed by atoms with E-state index in [9.17, 15) is 58.8 Å². The molecule has 23 rings (SSSR count). The fourth-order valence-corrected chi connectivity index (χ4v) is 18.4. The van der Waals surface area contributed by atoms with Crippen molar-refractivity contribution >= 4 is 103 Å². The van der Waals surface area contributed by atoms with E-state index < -0.39 is 18.3 Å². The fraction of sp³-hybridized carbons (Fsp3) is 0.235. The molecule has 2 fully saturated rings. The van der Waals surface area contributed by atoms with Gasteiger partial charge in [-0.15, -0.1) is 5.10 Å². The zero-order valence-corrected chi connectivity index (χ0v) is 74.4. The van der Waals surface area contributed by atoms with Crippen LogP contribution in [0.3, 0.4) is 0 Å². The number of amides is 4. The molecular weight excluding hydrogens is 1740 g/mol. The van der Waals surface area contributed by atoms with Crippen molar-refractivity contribution in [2.24, 2.45) is 11.8 Å². The number of hydrogen-bond donors (Lipinski definition) is 8. The van der Waals surface area contributed by atoms with Gasteiger partial charge in [-0.3, -0.25) is 59.6 Å². The van der Waals surface area contributed by atoms with Gasteiger partial charge in [-0.2, -0.15) is 15.3 Å². The molecular formula is C102H94N22O13. The molecule has 0 aliphatic carbocycles. The van der Waals surface area contributed by atoms with E-state index in [4.69, 9.17) is 4.74 Å². The Morgan fingerprint density at radius 2 is 0.715 bits per heavy atom. The summed E-state index contributed by atoms with van der Waals surface area (Å²) in [6.45, 7) is 7.11. The highest BCUT2D eigenvalue weighted by Gasteiger charge is 2.33. The number of aliphatic hydroxyl groups excluding tert-OH is 3. The van der Waals surface area contributed by atoms with E-state index in [1.165, 1.54) is 43.0 Å². The maximum atomic E-state index is 13.2. The fourth-order valence-electron chi connectivity index (χ4n) is 18.4. The summed E-state index contributed by atoms with van der Waals surface area (Å²) < 4.78 is 18.9. The lowest BCUT2D eigenvalue weighted by atomic mass is 9.92. The Hall–Kier alpha value is -16.7. The summed E-state index contributed by atoms with van der Waals surface area (Å²) in [4.78, 5) is 125. The number of aromatic nitrogens is 16. The number of benzene rings is 9. The maximum absolute atomic E-state index is 13.2. The van der Waals surface area contributed by atoms with E-state index in [2.05, 4.69) is 71.4 Å². The van der Waals surface area contributed by atoms with E-state index in [1.54, 1.807) is 121 Å². The monoisotopic (exact) mass is 1830 g/mol. The van der Waals surface area contributed by atoms with Gasteiger partial charge in [0, 0.05) is 108 Å². The number of aliphatic hydroxyl groups is 3. The van der Waals surface area contributed by atoms with Crippen LogP contribution in [0.2, 0.25) is 0 Å². The van der Waals surface area contributed by atoms with Crippen molar-refractivity contribution in [3.63, 3.8) is 0 Å². The number of rotatable bonds is 0. The highest BCUT2D eigenvalue weighted by molar-refractivity contribution is 6.07. The van der Waals surface area contributed by atoms with Crippen LogP contribution in [-0.2, 0) is 52.4 Å². The third kappa shape index (κ3) is 19.2. The smallest absolute Gasteiger partial charge is 0.267 e. The highest BCUT2D eigenvalue weighted by atomic mass is 16.5. The summed E-state index contributed by atoms with van der Waals surface area (Å²) in [5.74, 6) is 2.20. The first kappa shape index (κ1) is 88.3. The predicted octanol–water partition coefficient (Wildman–Crippen LogP) is 10.9. The second-order valence-corrected chi connectivity index (χ2v) is 35.0. The number of para-hydroxylation sites is 6. The van der Waals surface area contributed by atoms with Crippen molar-refractivity contribution in [1.29, 1.82) is 0 Å². The molecule has 0 spiro atoms. The number of aromatic hydroxyl groups is 1. The Kier molecular flexibility index (Phi) is 24.6. The minimum Gasteiger partial charge on any atom is -0.508 e. The minimum atomic E-state index is -0.749. The molecule has 5 atom stereocenters. The molecule has 0 radical (unpaired) electrons. The van der Waals surface area contributed by atoms with E-state index in [0.29, 0.717) is 108 Å². The molecule has 2 saturated heterocycles. The largest absolute Gasteiger partial charge is 0.508 e. The molecule has 0 saturated carbocycles. The van der Waals surface area contributed by atoms with Gasteiger partial charge in [-0.05, 0) is 182 Å². The second kappa shape index (κ2) is 38.1. The summed E-state index contributed by atoms with van der Waals surface area (Å²) in [7, 11) is 0. The normalized spacial score (nSPS) is 17.6. The van der Waals surface area contributed by atoms with Gasteiger partial charge in [0.05, 0.1) is 127 Å². The van der Waals surface area contributed by atoms with Gasteiger partial charge in [-0.25, -0.2) is 38.7 Å². The third-order valence-electron chi connectivity index (χ3n) is 25.4. The molecule has 35 nitrogen and oxygen atoms in total. The van der Waals surface area contributed by atoms with Crippen molar-refractivity contribution in [3.05, 3.63) is 352 Å². The number of anilines is 6. The quantitative estimate of drug-likeness (QED) is 0.0699. The number of aryl methyl sites for hydroxylation is 1. The molecule has 35 heteroatoms. The molecule has 137 heavy (non-hydrogen) atoms. The number of carbonyl (C=O) groups excluding carboxylic acids is 4. The number of piperidine rings is 2. The average molecular weight is 1840 g/mol. The Balaban J connectivity index is 0.000000113. The Morgan fingerprint density at radius 1 is 0.336 bits per heavy atom. The summed E-state index contributed by atoms with van der Waals surface area (Å²) in [6.07, 6.45) is 1.89. The molecule has 4 amide bonds. The van der Waals surface area contributed by atoms with Crippen molar-refractivity contribution in [3.8, 4) is 22.9 Å². The first-order chi connectivity index (χ1) is 66.6. The minimum absolute atomic E-state index is 0.0104. The van der Waals surface area contributed by atoms with Crippen LogP contribution in [0.15, 0.2) is 274 Å². The zero-order valence-electron chi connectivity index (χ0n) is 74.4. The number of ether oxygens (including phenoxy) is 1. The Bertz CT molecular complexity index is 7600. The summed E-state index contributed by atoms with van der Waals surface area (Å²) in [5.41, 5.74) is 13.3. The van der Waals surface area contributed by atoms with Gasteiger partial charge in [0.15, 0.2) is 0 Å².